The number of carbonyl (C=O) groups excluding carboxylic acids is 1. The van der Waals surface area contributed by atoms with Gasteiger partial charge in [-0.25, -0.2) is 13.2 Å². The van der Waals surface area contributed by atoms with Crippen LogP contribution in [0.5, 0.6) is 5.88 Å². The minimum atomic E-state index is -4.12. The molecule has 2 aliphatic heterocycles. The molecule has 4 N–H and O–H groups in total. The molecule has 2 aromatic carbocycles. The van der Waals surface area contributed by atoms with Gasteiger partial charge in [0.25, 0.3) is 0 Å². The molecular formula is C34H46N4O8S. The Morgan fingerprint density at radius 1 is 1.19 bits per heavy atom. The molecule has 0 spiro atoms. The first-order valence-corrected chi connectivity index (χ1v) is 17.8. The SMILES string of the molecule is CCCCN=Cc1c(O)[nH]c2ccc(S(=O)(=O)N(CC(C)C)C[C@@H](O)[C@H](Cc3ccccc3)NC(=O)O[C@H]3CO[C@H]4OCC[C@H]43)cc12. The van der Waals surface area contributed by atoms with E-state index in [1.165, 1.54) is 16.4 Å². The number of sulfonamides is 1. The molecule has 13 heteroatoms. The molecule has 3 heterocycles. The van der Waals surface area contributed by atoms with Gasteiger partial charge >= 0.3 is 6.09 Å². The van der Waals surface area contributed by atoms with Crippen molar-refractivity contribution in [2.75, 3.05) is 32.8 Å². The van der Waals surface area contributed by atoms with E-state index in [1.54, 1.807) is 12.3 Å². The largest absolute Gasteiger partial charge is 0.494 e. The summed E-state index contributed by atoms with van der Waals surface area (Å²) < 4.78 is 46.4. The summed E-state index contributed by atoms with van der Waals surface area (Å²) in [4.78, 5) is 20.4. The number of carbonyl (C=O) groups is 1. The van der Waals surface area contributed by atoms with E-state index < -0.39 is 34.4 Å². The predicted molar refractivity (Wildman–Crippen MR) is 178 cm³/mol. The first-order chi connectivity index (χ1) is 22.6. The summed E-state index contributed by atoms with van der Waals surface area (Å²) in [6.07, 6.45) is 1.56. The molecular weight excluding hydrogens is 624 g/mol. The molecule has 5 atom stereocenters. The van der Waals surface area contributed by atoms with Crippen LogP contribution in [0.3, 0.4) is 0 Å². The van der Waals surface area contributed by atoms with Crippen molar-refractivity contribution in [3.63, 3.8) is 0 Å². The fourth-order valence-electron chi connectivity index (χ4n) is 6.06. The Morgan fingerprint density at radius 2 is 1.98 bits per heavy atom. The van der Waals surface area contributed by atoms with Gasteiger partial charge in [0.15, 0.2) is 12.2 Å². The third kappa shape index (κ3) is 8.52. The number of aromatic nitrogens is 1. The summed E-state index contributed by atoms with van der Waals surface area (Å²) in [5, 5.41) is 25.5. The molecule has 47 heavy (non-hydrogen) atoms. The number of benzene rings is 2. The molecule has 12 nitrogen and oxygen atoms in total. The maximum atomic E-state index is 14.2. The molecule has 256 valence electrons. The Bertz CT molecular complexity index is 1630. The van der Waals surface area contributed by atoms with Crippen LogP contribution >= 0.6 is 0 Å². The number of nitrogens with zero attached hydrogens (tertiary/aromatic N) is 2. The minimum Gasteiger partial charge on any atom is -0.494 e. The number of aliphatic hydroxyl groups is 1. The number of rotatable bonds is 15. The minimum absolute atomic E-state index is 0.0154. The number of ether oxygens (including phenoxy) is 3. The Balaban J connectivity index is 1.37. The summed E-state index contributed by atoms with van der Waals surface area (Å²) >= 11 is 0. The molecule has 0 bridgehead atoms. The van der Waals surface area contributed by atoms with Gasteiger partial charge in [0.2, 0.25) is 10.0 Å². The standard InChI is InChI=1S/C34H46N4O8S/c1-4-5-14-35-18-27-26-17-24(11-12-28(26)36-32(27)40)47(42,43)38(19-22(2)3)20-30(39)29(16-23-9-7-6-8-10-23)37-34(41)46-31-21-45-33-25(31)13-15-44-33/h6-12,17-18,22,25,29-31,33,36,39-40H,4-5,13-16,19-21H2,1-3H3,(H,37,41)/t25-,29-,30+,31-,33+/m0/s1. The van der Waals surface area contributed by atoms with Crippen LogP contribution < -0.4 is 5.32 Å². The molecule has 2 saturated heterocycles. The molecule has 0 unspecified atom stereocenters. The van der Waals surface area contributed by atoms with Gasteiger partial charge in [-0.05, 0) is 48.9 Å². The maximum absolute atomic E-state index is 14.2. The van der Waals surface area contributed by atoms with Crippen molar-refractivity contribution < 1.29 is 37.6 Å². The highest BCUT2D eigenvalue weighted by Crippen LogP contribution is 2.33. The van der Waals surface area contributed by atoms with Crippen molar-refractivity contribution in [3.8, 4) is 5.88 Å². The lowest BCUT2D eigenvalue weighted by molar-refractivity contribution is -0.0907. The number of aliphatic hydroxyl groups excluding tert-OH is 1. The molecule has 1 aromatic heterocycles. The number of amides is 1. The molecule has 3 aromatic rings. The predicted octanol–water partition coefficient (Wildman–Crippen LogP) is 4.20. The van der Waals surface area contributed by atoms with Crippen LogP contribution in [0.25, 0.3) is 10.9 Å². The van der Waals surface area contributed by atoms with Gasteiger partial charge in [-0.3, -0.25) is 4.99 Å². The quantitative estimate of drug-likeness (QED) is 0.138. The Hall–Kier alpha value is -3.49. The van der Waals surface area contributed by atoms with E-state index >= 15 is 0 Å². The number of aromatic amines is 1. The van der Waals surface area contributed by atoms with Crippen molar-refractivity contribution >= 4 is 33.2 Å². The van der Waals surface area contributed by atoms with E-state index in [0.29, 0.717) is 29.6 Å². The van der Waals surface area contributed by atoms with E-state index in [-0.39, 0.29) is 55.0 Å². The van der Waals surface area contributed by atoms with E-state index in [1.807, 2.05) is 44.2 Å². The number of nitrogens with one attached hydrogen (secondary N) is 2. The highest BCUT2D eigenvalue weighted by molar-refractivity contribution is 7.89. The lowest BCUT2D eigenvalue weighted by atomic mass is 10.0. The molecule has 2 fully saturated rings. The summed E-state index contributed by atoms with van der Waals surface area (Å²) in [5.41, 5.74) is 1.84. The van der Waals surface area contributed by atoms with Gasteiger partial charge in [0.05, 0.1) is 41.7 Å². The Labute approximate surface area is 276 Å². The molecule has 2 aliphatic rings. The number of fused-ring (bicyclic) bond motifs is 2. The molecule has 1 amide bonds. The van der Waals surface area contributed by atoms with Crippen LogP contribution in [-0.2, 0) is 30.7 Å². The van der Waals surface area contributed by atoms with E-state index in [9.17, 15) is 23.4 Å². The molecule has 5 rings (SSSR count). The van der Waals surface area contributed by atoms with Crippen molar-refractivity contribution in [1.82, 2.24) is 14.6 Å². The lowest BCUT2D eigenvalue weighted by Crippen LogP contribution is -2.51. The van der Waals surface area contributed by atoms with Crippen LogP contribution in [0, 0.1) is 11.8 Å². The second-order valence-corrected chi connectivity index (χ2v) is 14.6. The molecule has 0 saturated carbocycles. The third-order valence-electron chi connectivity index (χ3n) is 8.56. The normalized spacial score (nSPS) is 21.1. The van der Waals surface area contributed by atoms with Crippen LogP contribution in [0.15, 0.2) is 58.4 Å². The zero-order valence-corrected chi connectivity index (χ0v) is 28.0. The number of aliphatic imine (C=N–C) groups is 1. The Kier molecular flexibility index (Phi) is 11.6. The summed E-state index contributed by atoms with van der Waals surface area (Å²) in [6, 6.07) is 13.1. The van der Waals surface area contributed by atoms with Crippen LogP contribution in [-0.4, -0.2) is 97.6 Å². The second-order valence-electron chi connectivity index (χ2n) is 12.7. The van der Waals surface area contributed by atoms with Crippen molar-refractivity contribution in [1.29, 1.82) is 0 Å². The summed E-state index contributed by atoms with van der Waals surface area (Å²) in [6.45, 7) is 7.07. The lowest BCUT2D eigenvalue weighted by Gasteiger charge is -2.31. The van der Waals surface area contributed by atoms with Gasteiger partial charge < -0.3 is 34.7 Å². The topological polar surface area (TPSA) is 163 Å². The summed E-state index contributed by atoms with van der Waals surface area (Å²) in [5.74, 6) is -0.203. The first-order valence-electron chi connectivity index (χ1n) is 16.3. The van der Waals surface area contributed by atoms with E-state index in [0.717, 1.165) is 24.8 Å². The van der Waals surface area contributed by atoms with Crippen LogP contribution in [0.4, 0.5) is 4.79 Å². The number of unbranched alkanes of at least 4 members (excludes halogenated alkanes) is 1. The van der Waals surface area contributed by atoms with Gasteiger partial charge in [-0.2, -0.15) is 4.31 Å². The number of H-pyrrole nitrogens is 1. The van der Waals surface area contributed by atoms with Crippen molar-refractivity contribution in [2.45, 2.75) is 75.9 Å². The highest BCUT2D eigenvalue weighted by Gasteiger charge is 2.44. The van der Waals surface area contributed by atoms with Gasteiger partial charge in [0, 0.05) is 36.8 Å². The second kappa shape index (κ2) is 15.6. The van der Waals surface area contributed by atoms with Crippen molar-refractivity contribution in [3.05, 3.63) is 59.7 Å². The zero-order chi connectivity index (χ0) is 33.6. The fraction of sp³-hybridized carbons (Fsp3) is 0.529. The Morgan fingerprint density at radius 3 is 2.72 bits per heavy atom. The average Bonchev–Trinajstić information content (AvgIpc) is 3.74. The van der Waals surface area contributed by atoms with Crippen LogP contribution in [0.2, 0.25) is 0 Å². The molecule has 0 radical (unpaired) electrons. The van der Waals surface area contributed by atoms with E-state index in [2.05, 4.69) is 22.2 Å². The average molecular weight is 671 g/mol. The number of aromatic hydroxyl groups is 1. The van der Waals surface area contributed by atoms with E-state index in [4.69, 9.17) is 14.2 Å². The number of hydrogen-bond donors (Lipinski definition) is 4. The monoisotopic (exact) mass is 670 g/mol. The maximum Gasteiger partial charge on any atom is 0.407 e. The van der Waals surface area contributed by atoms with Gasteiger partial charge in [-0.1, -0.05) is 57.5 Å². The van der Waals surface area contributed by atoms with Gasteiger partial charge in [0.1, 0.15) is 6.10 Å². The fourth-order valence-corrected chi connectivity index (χ4v) is 7.71. The summed E-state index contributed by atoms with van der Waals surface area (Å²) in [7, 11) is -4.12. The zero-order valence-electron chi connectivity index (χ0n) is 27.2. The smallest absolute Gasteiger partial charge is 0.407 e. The third-order valence-corrected chi connectivity index (χ3v) is 10.4. The number of alkyl carbamates (subject to hydrolysis) is 1. The first kappa shape index (κ1) is 34.8. The highest BCUT2D eigenvalue weighted by atomic mass is 32.2. The number of hydrogen-bond acceptors (Lipinski definition) is 9. The van der Waals surface area contributed by atoms with Gasteiger partial charge in [-0.15, -0.1) is 0 Å². The molecule has 0 aliphatic carbocycles. The van der Waals surface area contributed by atoms with Crippen molar-refractivity contribution in [2.24, 2.45) is 16.8 Å². The van der Waals surface area contributed by atoms with Crippen LogP contribution in [0.1, 0.15) is 51.2 Å².